The molecule has 1 N–H and O–H groups in total. The van der Waals surface area contributed by atoms with Gasteiger partial charge >= 0.3 is 6.09 Å². The Morgan fingerprint density at radius 2 is 1.77 bits per heavy atom. The summed E-state index contributed by atoms with van der Waals surface area (Å²) in [5, 5.41) is 3.75. The van der Waals surface area contributed by atoms with E-state index in [0.29, 0.717) is 70.9 Å². The number of ether oxygens (including phenoxy) is 1. The number of carbonyl (C=O) groups excluding carboxylic acids is 2. The molecule has 2 aromatic carbocycles. The van der Waals surface area contributed by atoms with Gasteiger partial charge in [0.05, 0.1) is 33.8 Å². The molecular weight excluding hydrogens is 608 g/mol. The van der Waals surface area contributed by atoms with Crippen LogP contribution in [0.1, 0.15) is 38.1 Å². The highest BCUT2D eigenvalue weighted by molar-refractivity contribution is 6.36. The van der Waals surface area contributed by atoms with Crippen LogP contribution in [0.5, 0.6) is 0 Å². The molecule has 0 saturated carbocycles. The number of piperazine rings is 1. The van der Waals surface area contributed by atoms with Gasteiger partial charge in [0, 0.05) is 54.9 Å². The zero-order valence-electron chi connectivity index (χ0n) is 24.8. The highest BCUT2D eigenvalue weighted by Crippen LogP contribution is 2.30. The topological polar surface area (TPSA) is 96.8 Å². The molecule has 1 saturated heterocycles. The lowest BCUT2D eigenvalue weighted by atomic mass is 10.1. The Morgan fingerprint density at radius 3 is 2.39 bits per heavy atom. The van der Waals surface area contributed by atoms with E-state index in [1.165, 1.54) is 18.5 Å². The Kier molecular flexibility index (Phi) is 8.85. The first-order valence-electron chi connectivity index (χ1n) is 14.2. The molecule has 1 aliphatic heterocycles. The number of pyridine rings is 2. The molecule has 230 valence electrons. The van der Waals surface area contributed by atoms with Crippen molar-refractivity contribution in [3.8, 4) is 11.3 Å². The third kappa shape index (κ3) is 6.66. The number of benzene rings is 2. The van der Waals surface area contributed by atoms with Crippen molar-refractivity contribution in [2.75, 3.05) is 36.4 Å². The Balaban J connectivity index is 1.36. The molecule has 0 radical (unpaired) electrons. The van der Waals surface area contributed by atoms with E-state index in [0.717, 1.165) is 0 Å². The second-order valence-electron chi connectivity index (χ2n) is 11.4. The first-order valence-corrected chi connectivity index (χ1v) is 14.9. The van der Waals surface area contributed by atoms with Gasteiger partial charge < -0.3 is 24.4 Å². The highest BCUT2D eigenvalue weighted by atomic mass is 35.5. The van der Waals surface area contributed by atoms with Gasteiger partial charge in [0.1, 0.15) is 17.0 Å². The number of fused-ring (bicyclic) bond motifs is 1. The summed E-state index contributed by atoms with van der Waals surface area (Å²) in [6.07, 6.45) is 2.54. The standard InChI is InChI=1S/C32H32Cl2FN5O4/c1-5-38-18-23(30(42)37-20-7-9-26(36-17-20)21-8-6-19(33)14-24(21)34)29(41)22-15-25(35)28(16-27(22)38)39-10-12-40(13-11-39)31(43)44-32(2,3)4/h6-9,14-18H,5,10-13H2,1-4H3,(H,37,42). The quantitative estimate of drug-likeness (QED) is 0.257. The van der Waals surface area contributed by atoms with Gasteiger partial charge in [-0.2, -0.15) is 0 Å². The molecule has 3 heterocycles. The molecule has 44 heavy (non-hydrogen) atoms. The van der Waals surface area contributed by atoms with E-state index in [9.17, 15) is 14.4 Å². The summed E-state index contributed by atoms with van der Waals surface area (Å²) in [5.41, 5.74) is 1.16. The van der Waals surface area contributed by atoms with Crippen molar-refractivity contribution in [2.45, 2.75) is 39.8 Å². The monoisotopic (exact) mass is 639 g/mol. The molecule has 0 bridgehead atoms. The van der Waals surface area contributed by atoms with Crippen LogP contribution in [-0.2, 0) is 11.3 Å². The van der Waals surface area contributed by atoms with Gasteiger partial charge in [0.15, 0.2) is 0 Å². The van der Waals surface area contributed by atoms with Gasteiger partial charge in [0.2, 0.25) is 5.43 Å². The fourth-order valence-electron chi connectivity index (χ4n) is 5.04. The first-order chi connectivity index (χ1) is 20.8. The van der Waals surface area contributed by atoms with Crippen LogP contribution in [0.4, 0.5) is 20.6 Å². The number of aryl methyl sites for hydroxylation is 1. The third-order valence-electron chi connectivity index (χ3n) is 7.23. The van der Waals surface area contributed by atoms with Crippen LogP contribution < -0.4 is 15.6 Å². The lowest BCUT2D eigenvalue weighted by Gasteiger charge is -2.37. The first kappa shape index (κ1) is 31.3. The molecular formula is C32H32Cl2FN5O4. The average molecular weight is 641 g/mol. The molecule has 1 aliphatic rings. The number of hydrogen-bond acceptors (Lipinski definition) is 6. The lowest BCUT2D eigenvalue weighted by molar-refractivity contribution is 0.0240. The van der Waals surface area contributed by atoms with E-state index in [2.05, 4.69) is 10.3 Å². The number of amides is 2. The zero-order chi connectivity index (χ0) is 31.8. The summed E-state index contributed by atoms with van der Waals surface area (Å²) in [6.45, 7) is 9.27. The summed E-state index contributed by atoms with van der Waals surface area (Å²) in [6, 6.07) is 11.2. The molecule has 0 unspecified atom stereocenters. The normalized spacial score (nSPS) is 13.7. The molecule has 0 spiro atoms. The van der Waals surface area contributed by atoms with Crippen LogP contribution >= 0.6 is 23.2 Å². The average Bonchev–Trinajstić information content (AvgIpc) is 2.97. The maximum absolute atomic E-state index is 15.5. The predicted octanol–water partition coefficient (Wildman–Crippen LogP) is 6.84. The lowest BCUT2D eigenvalue weighted by Crippen LogP contribution is -2.50. The second kappa shape index (κ2) is 12.5. The number of rotatable bonds is 5. The molecule has 5 rings (SSSR count). The van der Waals surface area contributed by atoms with Gasteiger partial charge in [-0.25, -0.2) is 9.18 Å². The molecule has 4 aromatic rings. The van der Waals surface area contributed by atoms with Crippen molar-refractivity contribution in [1.29, 1.82) is 0 Å². The van der Waals surface area contributed by atoms with Crippen molar-refractivity contribution in [3.63, 3.8) is 0 Å². The van der Waals surface area contributed by atoms with Crippen LogP contribution in [0.25, 0.3) is 22.2 Å². The summed E-state index contributed by atoms with van der Waals surface area (Å²) in [7, 11) is 0. The Labute approximate surface area is 264 Å². The second-order valence-corrected chi connectivity index (χ2v) is 12.3. The predicted molar refractivity (Wildman–Crippen MR) is 172 cm³/mol. The van der Waals surface area contributed by atoms with E-state index in [1.54, 1.807) is 45.9 Å². The van der Waals surface area contributed by atoms with Crippen LogP contribution in [0.2, 0.25) is 10.0 Å². The molecule has 2 amide bonds. The minimum atomic E-state index is -0.638. The number of aromatic nitrogens is 2. The SMILES string of the molecule is CCn1cc(C(=O)Nc2ccc(-c3ccc(Cl)cc3Cl)nc2)c(=O)c2cc(F)c(N3CCN(C(=O)OC(C)(C)C)CC3)cc21. The zero-order valence-corrected chi connectivity index (χ0v) is 26.3. The molecule has 9 nitrogen and oxygen atoms in total. The number of nitrogens with zero attached hydrogens (tertiary/aromatic N) is 4. The molecule has 12 heteroatoms. The number of anilines is 2. The summed E-state index contributed by atoms with van der Waals surface area (Å²) in [5.74, 6) is -1.22. The van der Waals surface area contributed by atoms with Crippen LogP contribution in [0.3, 0.4) is 0 Å². The number of carbonyl (C=O) groups is 2. The smallest absolute Gasteiger partial charge is 0.410 e. The van der Waals surface area contributed by atoms with Crippen molar-refractivity contribution in [3.05, 3.63) is 86.5 Å². The van der Waals surface area contributed by atoms with Crippen molar-refractivity contribution in [2.24, 2.45) is 0 Å². The summed E-state index contributed by atoms with van der Waals surface area (Å²) < 4.78 is 22.7. The fraction of sp³-hybridized carbons (Fsp3) is 0.312. The van der Waals surface area contributed by atoms with Crippen LogP contribution in [-0.4, -0.2) is 58.2 Å². The van der Waals surface area contributed by atoms with Crippen molar-refractivity contribution < 1.29 is 18.7 Å². The maximum atomic E-state index is 15.5. The maximum Gasteiger partial charge on any atom is 0.410 e. The summed E-state index contributed by atoms with van der Waals surface area (Å²) >= 11 is 12.3. The fourth-order valence-corrected chi connectivity index (χ4v) is 5.55. The molecule has 2 aromatic heterocycles. The minimum Gasteiger partial charge on any atom is -0.444 e. The molecule has 1 fully saturated rings. The van der Waals surface area contributed by atoms with Crippen LogP contribution in [0, 0.1) is 5.82 Å². The van der Waals surface area contributed by atoms with E-state index in [4.69, 9.17) is 27.9 Å². The Bertz CT molecular complexity index is 1800. The van der Waals surface area contributed by atoms with Crippen molar-refractivity contribution in [1.82, 2.24) is 14.5 Å². The van der Waals surface area contributed by atoms with Crippen LogP contribution in [0.15, 0.2) is 59.7 Å². The number of halogens is 3. The minimum absolute atomic E-state index is 0.0963. The third-order valence-corrected chi connectivity index (χ3v) is 7.78. The van der Waals surface area contributed by atoms with Gasteiger partial charge in [0.25, 0.3) is 5.91 Å². The van der Waals surface area contributed by atoms with Crippen molar-refractivity contribution >= 4 is 57.5 Å². The number of hydrogen-bond donors (Lipinski definition) is 1. The highest BCUT2D eigenvalue weighted by Gasteiger charge is 2.27. The number of nitrogens with one attached hydrogen (secondary N) is 1. The van der Waals surface area contributed by atoms with Gasteiger partial charge in [-0.3, -0.25) is 14.6 Å². The Morgan fingerprint density at radius 1 is 1.05 bits per heavy atom. The van der Waals surface area contributed by atoms with Gasteiger partial charge in [-0.15, -0.1) is 0 Å². The van der Waals surface area contributed by atoms with Gasteiger partial charge in [-0.05, 0) is 70.2 Å². The van der Waals surface area contributed by atoms with E-state index >= 15 is 4.39 Å². The van der Waals surface area contributed by atoms with E-state index in [1.807, 2.05) is 32.6 Å². The Hall–Kier alpha value is -4.15. The van der Waals surface area contributed by atoms with E-state index in [-0.39, 0.29) is 10.9 Å². The van der Waals surface area contributed by atoms with E-state index < -0.39 is 28.8 Å². The molecule has 0 aliphatic carbocycles. The molecule has 0 atom stereocenters. The van der Waals surface area contributed by atoms with Gasteiger partial charge in [-0.1, -0.05) is 23.2 Å². The largest absolute Gasteiger partial charge is 0.444 e. The summed E-state index contributed by atoms with van der Waals surface area (Å²) in [4.78, 5) is 47.0.